The zero-order chi connectivity index (χ0) is 11.5. The molecule has 1 fully saturated rings. The van der Waals surface area contributed by atoms with Gasteiger partial charge in [-0.1, -0.05) is 28.1 Å². The lowest BCUT2D eigenvalue weighted by Gasteiger charge is -2.27. The predicted octanol–water partition coefficient (Wildman–Crippen LogP) is 2.99. The molecule has 0 bridgehead atoms. The van der Waals surface area contributed by atoms with Crippen molar-refractivity contribution in [2.45, 2.75) is 17.9 Å². The monoisotopic (exact) mass is 288 g/mol. The summed E-state index contributed by atoms with van der Waals surface area (Å²) in [6.07, 6.45) is -0.00129. The molecule has 1 saturated heterocycles. The van der Waals surface area contributed by atoms with E-state index in [9.17, 15) is 4.39 Å². The molecule has 2 unspecified atom stereocenters. The second-order valence-electron chi connectivity index (χ2n) is 3.89. The number of rotatable bonds is 2. The molecule has 1 aromatic carbocycles. The summed E-state index contributed by atoms with van der Waals surface area (Å²) in [5.41, 5.74) is 1.67. The maximum atomic E-state index is 13.1. The fourth-order valence-electron chi connectivity index (χ4n) is 1.73. The van der Waals surface area contributed by atoms with Crippen molar-refractivity contribution in [1.29, 1.82) is 0 Å². The highest BCUT2D eigenvalue weighted by Crippen LogP contribution is 2.30. The van der Waals surface area contributed by atoms with E-state index in [0.29, 0.717) is 25.4 Å². The Bertz CT molecular complexity index is 364. The van der Waals surface area contributed by atoms with Crippen LogP contribution in [0.3, 0.4) is 0 Å². The molecule has 0 saturated carbocycles. The van der Waals surface area contributed by atoms with E-state index in [1.807, 2.05) is 6.07 Å². The van der Waals surface area contributed by atoms with Crippen molar-refractivity contribution < 1.29 is 13.9 Å². The average Bonchev–Trinajstić information content (AvgIpc) is 2.33. The Morgan fingerprint density at radius 3 is 2.88 bits per heavy atom. The van der Waals surface area contributed by atoms with Gasteiger partial charge in [-0.05, 0) is 24.1 Å². The van der Waals surface area contributed by atoms with Crippen molar-refractivity contribution in [2.75, 3.05) is 19.8 Å². The van der Waals surface area contributed by atoms with Crippen LogP contribution in [0.2, 0.25) is 0 Å². The molecular formula is C12H14BrFO2. The van der Waals surface area contributed by atoms with Crippen LogP contribution in [0.4, 0.5) is 4.39 Å². The predicted molar refractivity (Wildman–Crippen MR) is 63.4 cm³/mol. The van der Waals surface area contributed by atoms with Gasteiger partial charge >= 0.3 is 0 Å². The SMILES string of the molecule is Cc1cc(C(Br)C2COCCO2)ccc1F. The van der Waals surface area contributed by atoms with Gasteiger partial charge in [-0.25, -0.2) is 4.39 Å². The first-order valence-corrected chi connectivity index (χ1v) is 6.19. The molecule has 4 heteroatoms. The number of alkyl halides is 1. The molecule has 2 rings (SSSR count). The van der Waals surface area contributed by atoms with Crippen LogP contribution in [0, 0.1) is 12.7 Å². The Labute approximate surface area is 103 Å². The van der Waals surface area contributed by atoms with Gasteiger partial charge in [0.15, 0.2) is 0 Å². The number of aryl methyl sites for hydroxylation is 1. The Hall–Kier alpha value is -0.450. The number of hydrogen-bond donors (Lipinski definition) is 0. The molecule has 16 heavy (non-hydrogen) atoms. The molecule has 0 aromatic heterocycles. The van der Waals surface area contributed by atoms with E-state index in [2.05, 4.69) is 15.9 Å². The molecule has 88 valence electrons. The van der Waals surface area contributed by atoms with Crippen molar-refractivity contribution in [1.82, 2.24) is 0 Å². The summed E-state index contributed by atoms with van der Waals surface area (Å²) in [7, 11) is 0. The first kappa shape index (κ1) is 12.0. The maximum Gasteiger partial charge on any atom is 0.126 e. The highest BCUT2D eigenvalue weighted by Gasteiger charge is 2.24. The molecule has 0 radical (unpaired) electrons. The van der Waals surface area contributed by atoms with Crippen LogP contribution < -0.4 is 0 Å². The third-order valence-electron chi connectivity index (χ3n) is 2.67. The minimum Gasteiger partial charge on any atom is -0.376 e. The van der Waals surface area contributed by atoms with Crippen LogP contribution in [0.1, 0.15) is 16.0 Å². The van der Waals surface area contributed by atoms with Crippen molar-refractivity contribution >= 4 is 15.9 Å². The van der Waals surface area contributed by atoms with E-state index < -0.39 is 0 Å². The van der Waals surface area contributed by atoms with Crippen LogP contribution in [-0.2, 0) is 9.47 Å². The second-order valence-corrected chi connectivity index (χ2v) is 4.88. The third-order valence-corrected chi connectivity index (χ3v) is 3.79. The second kappa shape index (κ2) is 5.25. The molecule has 1 aliphatic rings. The molecule has 2 nitrogen and oxygen atoms in total. The Morgan fingerprint density at radius 1 is 1.44 bits per heavy atom. The van der Waals surface area contributed by atoms with Gasteiger partial charge in [0.05, 0.1) is 30.8 Å². The lowest BCUT2D eigenvalue weighted by molar-refractivity contribution is -0.0876. The van der Waals surface area contributed by atoms with Gasteiger partial charge in [0, 0.05) is 0 Å². The number of halogens is 2. The van der Waals surface area contributed by atoms with Gasteiger partial charge in [0.1, 0.15) is 5.82 Å². The van der Waals surface area contributed by atoms with E-state index in [4.69, 9.17) is 9.47 Å². The molecule has 1 aliphatic heterocycles. The summed E-state index contributed by atoms with van der Waals surface area (Å²) >= 11 is 3.58. The minimum absolute atomic E-state index is 0.00129. The molecule has 1 aromatic rings. The van der Waals surface area contributed by atoms with Crippen LogP contribution in [-0.4, -0.2) is 25.9 Å². The van der Waals surface area contributed by atoms with Gasteiger partial charge in [0.25, 0.3) is 0 Å². The van der Waals surface area contributed by atoms with E-state index in [1.165, 1.54) is 6.07 Å². The number of benzene rings is 1. The maximum absolute atomic E-state index is 13.1. The van der Waals surface area contributed by atoms with Crippen LogP contribution in [0.5, 0.6) is 0 Å². The summed E-state index contributed by atoms with van der Waals surface area (Å²) in [6.45, 7) is 3.61. The fraction of sp³-hybridized carbons (Fsp3) is 0.500. The summed E-state index contributed by atoms with van der Waals surface area (Å²) in [5, 5.41) is 0. The smallest absolute Gasteiger partial charge is 0.126 e. The molecule has 0 amide bonds. The highest BCUT2D eigenvalue weighted by atomic mass is 79.9. The van der Waals surface area contributed by atoms with Crippen molar-refractivity contribution in [3.63, 3.8) is 0 Å². The molecule has 2 atom stereocenters. The van der Waals surface area contributed by atoms with Gasteiger partial charge in [0.2, 0.25) is 0 Å². The van der Waals surface area contributed by atoms with Crippen molar-refractivity contribution in [2.24, 2.45) is 0 Å². The molecular weight excluding hydrogens is 275 g/mol. The normalized spacial score (nSPS) is 23.1. The van der Waals surface area contributed by atoms with E-state index in [-0.39, 0.29) is 16.7 Å². The topological polar surface area (TPSA) is 18.5 Å². The van der Waals surface area contributed by atoms with E-state index >= 15 is 0 Å². The van der Waals surface area contributed by atoms with Crippen LogP contribution in [0.25, 0.3) is 0 Å². The summed E-state index contributed by atoms with van der Waals surface area (Å²) < 4.78 is 24.1. The van der Waals surface area contributed by atoms with Crippen LogP contribution in [0.15, 0.2) is 18.2 Å². The summed E-state index contributed by atoms with van der Waals surface area (Å²) in [4.78, 5) is 0.0482. The van der Waals surface area contributed by atoms with Crippen LogP contribution >= 0.6 is 15.9 Å². The number of hydrogen-bond acceptors (Lipinski definition) is 2. The Morgan fingerprint density at radius 2 is 2.25 bits per heavy atom. The molecule has 0 spiro atoms. The average molecular weight is 289 g/mol. The zero-order valence-corrected chi connectivity index (χ0v) is 10.7. The minimum atomic E-state index is -0.177. The summed E-state index contributed by atoms with van der Waals surface area (Å²) in [5.74, 6) is -0.177. The summed E-state index contributed by atoms with van der Waals surface area (Å²) in [6, 6.07) is 5.11. The molecule has 0 N–H and O–H groups in total. The Kier molecular flexibility index (Phi) is 3.95. The van der Waals surface area contributed by atoms with Crippen molar-refractivity contribution in [3.05, 3.63) is 35.1 Å². The van der Waals surface area contributed by atoms with Gasteiger partial charge in [-0.15, -0.1) is 0 Å². The third kappa shape index (κ3) is 2.62. The van der Waals surface area contributed by atoms with E-state index in [0.717, 1.165) is 5.56 Å². The standard InChI is InChI=1S/C12H14BrFO2/c1-8-6-9(2-3-10(8)14)12(13)11-7-15-4-5-16-11/h2-3,6,11-12H,4-5,7H2,1H3. The quantitative estimate of drug-likeness (QED) is 0.779. The van der Waals surface area contributed by atoms with Gasteiger partial charge in [-0.2, -0.15) is 0 Å². The number of ether oxygens (including phenoxy) is 2. The first-order chi connectivity index (χ1) is 7.68. The fourth-order valence-corrected chi connectivity index (χ4v) is 2.32. The largest absolute Gasteiger partial charge is 0.376 e. The van der Waals surface area contributed by atoms with Gasteiger partial charge in [-0.3, -0.25) is 0 Å². The van der Waals surface area contributed by atoms with Crippen molar-refractivity contribution in [3.8, 4) is 0 Å². The van der Waals surface area contributed by atoms with E-state index in [1.54, 1.807) is 13.0 Å². The first-order valence-electron chi connectivity index (χ1n) is 5.28. The molecule has 1 heterocycles. The lowest BCUT2D eigenvalue weighted by Crippen LogP contribution is -2.31. The zero-order valence-electron chi connectivity index (χ0n) is 9.08. The lowest BCUT2D eigenvalue weighted by atomic mass is 10.0. The van der Waals surface area contributed by atoms with Gasteiger partial charge < -0.3 is 9.47 Å². The molecule has 0 aliphatic carbocycles. The highest BCUT2D eigenvalue weighted by molar-refractivity contribution is 9.09. The Balaban J connectivity index is 2.12.